The van der Waals surface area contributed by atoms with Crippen LogP contribution in [0, 0.1) is 6.92 Å². The number of aryl methyl sites for hydroxylation is 1. The second-order valence-corrected chi connectivity index (χ2v) is 5.03. The number of nitrogens with zero attached hydrogens (tertiary/aromatic N) is 3. The number of carbonyl (C=O) groups excluding carboxylic acids is 1. The van der Waals surface area contributed by atoms with Gasteiger partial charge in [-0.2, -0.15) is 5.10 Å². The van der Waals surface area contributed by atoms with Crippen LogP contribution in [-0.4, -0.2) is 51.0 Å². The van der Waals surface area contributed by atoms with Crippen LogP contribution in [0.4, 0.5) is 0 Å². The van der Waals surface area contributed by atoms with Crippen LogP contribution >= 0.6 is 0 Å². The lowest BCUT2D eigenvalue weighted by atomic mass is 10.1. The van der Waals surface area contributed by atoms with Crippen LogP contribution in [0.25, 0.3) is 5.69 Å². The molecule has 1 atom stereocenters. The summed E-state index contributed by atoms with van der Waals surface area (Å²) in [6, 6.07) is 3.86. The number of aromatic nitrogens is 3. The predicted molar refractivity (Wildman–Crippen MR) is 86.0 cm³/mol. The summed E-state index contributed by atoms with van der Waals surface area (Å²) >= 11 is 0. The SMILES string of the molecule is C=CCOCC(NC(=O)c1ccc(-n2cncn2)c(C)c1)C(=O)O. The molecule has 8 heteroatoms. The van der Waals surface area contributed by atoms with E-state index >= 15 is 0 Å². The van der Waals surface area contributed by atoms with Crippen molar-refractivity contribution in [1.29, 1.82) is 0 Å². The molecule has 2 N–H and O–H groups in total. The van der Waals surface area contributed by atoms with E-state index < -0.39 is 17.9 Å². The Morgan fingerprint density at radius 2 is 2.29 bits per heavy atom. The van der Waals surface area contributed by atoms with E-state index in [0.29, 0.717) is 5.56 Å². The third-order valence-electron chi connectivity index (χ3n) is 3.25. The summed E-state index contributed by atoms with van der Waals surface area (Å²) in [6.45, 7) is 5.39. The van der Waals surface area contributed by atoms with Crippen LogP contribution in [0.2, 0.25) is 0 Å². The zero-order valence-electron chi connectivity index (χ0n) is 13.2. The van der Waals surface area contributed by atoms with Gasteiger partial charge in [0.15, 0.2) is 6.04 Å². The molecule has 8 nitrogen and oxygen atoms in total. The Morgan fingerprint density at radius 1 is 1.50 bits per heavy atom. The second-order valence-electron chi connectivity index (χ2n) is 5.03. The Balaban J connectivity index is 2.09. The van der Waals surface area contributed by atoms with Crippen LogP contribution in [-0.2, 0) is 9.53 Å². The highest BCUT2D eigenvalue weighted by atomic mass is 16.5. The molecule has 0 saturated carbocycles. The molecule has 1 unspecified atom stereocenters. The highest BCUT2D eigenvalue weighted by molar-refractivity contribution is 5.97. The van der Waals surface area contributed by atoms with Gasteiger partial charge >= 0.3 is 5.97 Å². The maximum absolute atomic E-state index is 12.3. The first-order valence-electron chi connectivity index (χ1n) is 7.21. The normalized spacial score (nSPS) is 11.7. The zero-order chi connectivity index (χ0) is 17.5. The molecule has 1 heterocycles. The maximum atomic E-state index is 12.3. The number of benzene rings is 1. The van der Waals surface area contributed by atoms with E-state index in [1.165, 1.54) is 12.4 Å². The molecule has 1 aromatic heterocycles. The van der Waals surface area contributed by atoms with Crippen LogP contribution in [0.15, 0.2) is 43.5 Å². The lowest BCUT2D eigenvalue weighted by Gasteiger charge is -2.15. The summed E-state index contributed by atoms with van der Waals surface area (Å²) in [5, 5.41) is 15.6. The Hall–Kier alpha value is -3.00. The van der Waals surface area contributed by atoms with Gasteiger partial charge in [0.1, 0.15) is 12.7 Å². The standard InChI is InChI=1S/C16H18N4O4/c1-3-6-24-8-13(16(22)23)19-15(21)12-4-5-14(11(2)7-12)20-10-17-9-18-20/h3-5,7,9-10,13H,1,6,8H2,2H3,(H,19,21)(H,22,23). The number of aliphatic carboxylic acids is 1. The first-order chi connectivity index (χ1) is 11.5. The molecular formula is C16H18N4O4. The van der Waals surface area contributed by atoms with Crippen LogP contribution in [0.1, 0.15) is 15.9 Å². The van der Waals surface area contributed by atoms with Crippen molar-refractivity contribution in [2.24, 2.45) is 0 Å². The highest BCUT2D eigenvalue weighted by Crippen LogP contribution is 2.14. The second kappa shape index (κ2) is 8.02. The van der Waals surface area contributed by atoms with E-state index in [1.807, 2.05) is 6.92 Å². The summed E-state index contributed by atoms with van der Waals surface area (Å²) in [4.78, 5) is 27.3. The lowest BCUT2D eigenvalue weighted by Crippen LogP contribution is -2.44. The Bertz CT molecular complexity index is 728. The Morgan fingerprint density at radius 3 is 2.88 bits per heavy atom. The fraction of sp³-hybridized carbons (Fsp3) is 0.250. The Labute approximate surface area is 138 Å². The van der Waals surface area contributed by atoms with Crippen molar-refractivity contribution in [3.63, 3.8) is 0 Å². The molecular weight excluding hydrogens is 312 g/mol. The van der Waals surface area contributed by atoms with Gasteiger partial charge in [-0.1, -0.05) is 6.08 Å². The van der Waals surface area contributed by atoms with E-state index in [2.05, 4.69) is 22.0 Å². The minimum absolute atomic E-state index is 0.136. The van der Waals surface area contributed by atoms with Gasteiger partial charge in [-0.15, -0.1) is 6.58 Å². The number of carbonyl (C=O) groups is 2. The van der Waals surface area contributed by atoms with Crippen LogP contribution in [0.3, 0.4) is 0 Å². The quantitative estimate of drug-likeness (QED) is 0.551. The number of hydrogen-bond acceptors (Lipinski definition) is 5. The molecule has 0 fully saturated rings. The van der Waals surface area contributed by atoms with Crippen molar-refractivity contribution >= 4 is 11.9 Å². The molecule has 0 aliphatic rings. The summed E-state index contributed by atoms with van der Waals surface area (Å²) in [5.74, 6) is -1.65. The topological polar surface area (TPSA) is 106 Å². The van der Waals surface area contributed by atoms with E-state index in [9.17, 15) is 9.59 Å². The average Bonchev–Trinajstić information content (AvgIpc) is 3.07. The predicted octanol–water partition coefficient (Wildman–Crippen LogP) is 0.961. The number of rotatable bonds is 8. The summed E-state index contributed by atoms with van der Waals surface area (Å²) in [5.41, 5.74) is 1.95. The molecule has 126 valence electrons. The number of ether oxygens (including phenoxy) is 1. The monoisotopic (exact) mass is 330 g/mol. The van der Waals surface area contributed by atoms with Crippen molar-refractivity contribution < 1.29 is 19.4 Å². The van der Waals surface area contributed by atoms with Gasteiger partial charge < -0.3 is 15.2 Å². The summed E-state index contributed by atoms with van der Waals surface area (Å²) < 4.78 is 6.69. The van der Waals surface area contributed by atoms with Crippen molar-refractivity contribution in [2.75, 3.05) is 13.2 Å². The summed E-state index contributed by atoms with van der Waals surface area (Å²) in [7, 11) is 0. The maximum Gasteiger partial charge on any atom is 0.328 e. The molecule has 2 rings (SSSR count). The summed E-state index contributed by atoms with van der Waals surface area (Å²) in [6.07, 6.45) is 4.48. The molecule has 0 spiro atoms. The minimum atomic E-state index is -1.16. The van der Waals surface area contributed by atoms with E-state index in [1.54, 1.807) is 29.2 Å². The number of carboxylic acids is 1. The van der Waals surface area contributed by atoms with Gasteiger partial charge in [-0.05, 0) is 30.7 Å². The molecule has 0 saturated heterocycles. The van der Waals surface area contributed by atoms with Gasteiger partial charge in [-0.3, -0.25) is 4.79 Å². The van der Waals surface area contributed by atoms with E-state index in [0.717, 1.165) is 11.3 Å². The van der Waals surface area contributed by atoms with Crippen molar-refractivity contribution in [3.8, 4) is 5.69 Å². The van der Waals surface area contributed by atoms with E-state index in [-0.39, 0.29) is 13.2 Å². The highest BCUT2D eigenvalue weighted by Gasteiger charge is 2.21. The molecule has 0 aliphatic heterocycles. The first kappa shape index (κ1) is 17.4. The molecule has 1 aromatic carbocycles. The van der Waals surface area contributed by atoms with Crippen LogP contribution in [0.5, 0.6) is 0 Å². The zero-order valence-corrected chi connectivity index (χ0v) is 13.2. The van der Waals surface area contributed by atoms with Gasteiger partial charge in [-0.25, -0.2) is 14.5 Å². The number of amides is 1. The van der Waals surface area contributed by atoms with Gasteiger partial charge in [0.2, 0.25) is 0 Å². The number of carboxylic acid groups (broad SMARTS) is 1. The molecule has 0 bridgehead atoms. The third-order valence-corrected chi connectivity index (χ3v) is 3.25. The molecule has 24 heavy (non-hydrogen) atoms. The van der Waals surface area contributed by atoms with Gasteiger partial charge in [0, 0.05) is 5.56 Å². The lowest BCUT2D eigenvalue weighted by molar-refractivity contribution is -0.140. The largest absolute Gasteiger partial charge is 0.480 e. The third kappa shape index (κ3) is 4.26. The molecule has 2 aromatic rings. The minimum Gasteiger partial charge on any atom is -0.480 e. The van der Waals surface area contributed by atoms with Gasteiger partial charge in [0.25, 0.3) is 5.91 Å². The van der Waals surface area contributed by atoms with E-state index in [4.69, 9.17) is 9.84 Å². The fourth-order valence-electron chi connectivity index (χ4n) is 2.07. The van der Waals surface area contributed by atoms with Crippen molar-refractivity contribution in [2.45, 2.75) is 13.0 Å². The molecule has 0 aliphatic carbocycles. The Kier molecular flexibility index (Phi) is 5.80. The number of nitrogens with one attached hydrogen (secondary N) is 1. The fourth-order valence-corrected chi connectivity index (χ4v) is 2.07. The van der Waals surface area contributed by atoms with Crippen LogP contribution < -0.4 is 5.32 Å². The molecule has 0 radical (unpaired) electrons. The smallest absolute Gasteiger partial charge is 0.328 e. The molecule has 1 amide bonds. The van der Waals surface area contributed by atoms with Crippen molar-refractivity contribution in [1.82, 2.24) is 20.1 Å². The average molecular weight is 330 g/mol. The number of hydrogen-bond donors (Lipinski definition) is 2. The van der Waals surface area contributed by atoms with Gasteiger partial charge in [0.05, 0.1) is 18.9 Å². The first-order valence-corrected chi connectivity index (χ1v) is 7.21. The van der Waals surface area contributed by atoms with Crippen molar-refractivity contribution in [3.05, 3.63) is 54.6 Å².